The van der Waals surface area contributed by atoms with Crippen molar-refractivity contribution in [2.75, 3.05) is 0 Å². The number of rotatable bonds is 2. The third-order valence-corrected chi connectivity index (χ3v) is 1.97. The highest BCUT2D eigenvalue weighted by Crippen LogP contribution is 2.25. The second kappa shape index (κ2) is 3.38. The van der Waals surface area contributed by atoms with Crippen LogP contribution in [0.4, 0.5) is 8.78 Å². The lowest BCUT2D eigenvalue weighted by atomic mass is 9.96. The van der Waals surface area contributed by atoms with E-state index >= 15 is 0 Å². The molecule has 1 unspecified atom stereocenters. The first-order valence-electron chi connectivity index (χ1n) is 3.95. The Morgan fingerprint density at radius 2 is 2.15 bits per heavy atom. The van der Waals surface area contributed by atoms with Gasteiger partial charge >= 0.3 is 0 Å². The first kappa shape index (κ1) is 10.1. The molecule has 0 fully saturated rings. The van der Waals surface area contributed by atoms with E-state index < -0.39 is 12.0 Å². The molecular formula is C9H12F2N2. The number of nitrogens with two attached hydrogens (primary N) is 1. The molecule has 0 saturated carbocycles. The Morgan fingerprint density at radius 1 is 1.54 bits per heavy atom. The summed E-state index contributed by atoms with van der Waals surface area (Å²) >= 11 is 0. The summed E-state index contributed by atoms with van der Waals surface area (Å²) in [6.45, 7) is 3.00. The van der Waals surface area contributed by atoms with Crippen molar-refractivity contribution in [3.63, 3.8) is 0 Å². The zero-order valence-electron chi connectivity index (χ0n) is 7.59. The fraction of sp³-hybridized carbons (Fsp3) is 0.444. The second-order valence-electron chi connectivity index (χ2n) is 3.25. The van der Waals surface area contributed by atoms with Crippen LogP contribution in [0.15, 0.2) is 18.3 Å². The minimum atomic E-state index is -2.61. The lowest BCUT2D eigenvalue weighted by Crippen LogP contribution is -2.42. The largest absolute Gasteiger partial charge is 0.316 e. The summed E-state index contributed by atoms with van der Waals surface area (Å²) in [5, 5.41) is 0. The summed E-state index contributed by atoms with van der Waals surface area (Å²) < 4.78 is 25.0. The van der Waals surface area contributed by atoms with E-state index in [-0.39, 0.29) is 5.69 Å². The minimum absolute atomic E-state index is 0.255. The van der Waals surface area contributed by atoms with Gasteiger partial charge in [-0.25, -0.2) is 8.78 Å². The fourth-order valence-electron chi connectivity index (χ4n) is 1.15. The first-order valence-corrected chi connectivity index (χ1v) is 3.95. The SMILES string of the molecule is Cc1cccnc1C(C)(N)C(F)F. The summed E-state index contributed by atoms with van der Waals surface area (Å²) in [6, 6.07) is 3.41. The molecule has 0 spiro atoms. The molecule has 0 aliphatic heterocycles. The third-order valence-electron chi connectivity index (χ3n) is 1.97. The second-order valence-corrected chi connectivity index (χ2v) is 3.25. The van der Waals surface area contributed by atoms with Crippen molar-refractivity contribution in [2.45, 2.75) is 25.8 Å². The number of aromatic nitrogens is 1. The van der Waals surface area contributed by atoms with Gasteiger partial charge in [-0.05, 0) is 25.5 Å². The van der Waals surface area contributed by atoms with Gasteiger partial charge in [0.1, 0.15) is 5.54 Å². The summed E-state index contributed by atoms with van der Waals surface area (Å²) in [7, 11) is 0. The maximum Gasteiger partial charge on any atom is 0.261 e. The van der Waals surface area contributed by atoms with E-state index in [1.807, 2.05) is 0 Å². The van der Waals surface area contributed by atoms with Gasteiger partial charge in [0.25, 0.3) is 6.43 Å². The van der Waals surface area contributed by atoms with Gasteiger partial charge in [-0.3, -0.25) is 4.98 Å². The number of hydrogen-bond donors (Lipinski definition) is 1. The van der Waals surface area contributed by atoms with Crippen LogP contribution in [0.25, 0.3) is 0 Å². The van der Waals surface area contributed by atoms with Crippen LogP contribution in [-0.2, 0) is 5.54 Å². The molecule has 72 valence electrons. The average molecular weight is 186 g/mol. The van der Waals surface area contributed by atoms with Gasteiger partial charge in [0.05, 0.1) is 5.69 Å². The van der Waals surface area contributed by atoms with E-state index in [2.05, 4.69) is 4.98 Å². The Morgan fingerprint density at radius 3 is 2.62 bits per heavy atom. The summed E-state index contributed by atoms with van der Waals surface area (Å²) in [5.74, 6) is 0. The van der Waals surface area contributed by atoms with Gasteiger partial charge in [-0.15, -0.1) is 0 Å². The van der Waals surface area contributed by atoms with Gasteiger partial charge < -0.3 is 5.73 Å². The van der Waals surface area contributed by atoms with Gasteiger partial charge in [-0.1, -0.05) is 6.07 Å². The summed E-state index contributed by atoms with van der Waals surface area (Å²) in [6.07, 6.45) is -1.14. The quantitative estimate of drug-likeness (QED) is 0.765. The van der Waals surface area contributed by atoms with E-state index in [0.717, 1.165) is 0 Å². The van der Waals surface area contributed by atoms with Crippen LogP contribution < -0.4 is 5.73 Å². The molecule has 1 rings (SSSR count). The Hall–Kier alpha value is -1.03. The smallest absolute Gasteiger partial charge is 0.261 e. The maximum absolute atomic E-state index is 12.5. The van der Waals surface area contributed by atoms with Crippen LogP contribution in [0.2, 0.25) is 0 Å². The van der Waals surface area contributed by atoms with Crippen molar-refractivity contribution in [3.8, 4) is 0 Å². The predicted molar refractivity (Wildman–Crippen MR) is 46.5 cm³/mol. The van der Waals surface area contributed by atoms with E-state index in [9.17, 15) is 8.78 Å². The molecule has 0 aliphatic carbocycles. The predicted octanol–water partition coefficient (Wildman–Crippen LogP) is 1.83. The van der Waals surface area contributed by atoms with Gasteiger partial charge in [-0.2, -0.15) is 0 Å². The van der Waals surface area contributed by atoms with Crippen LogP contribution in [0, 0.1) is 6.92 Å². The average Bonchev–Trinajstić information content (AvgIpc) is 2.04. The molecule has 0 aromatic carbocycles. The molecule has 1 atom stereocenters. The molecule has 0 aliphatic rings. The summed E-state index contributed by atoms with van der Waals surface area (Å²) in [4.78, 5) is 3.87. The number of nitrogens with zero attached hydrogens (tertiary/aromatic N) is 1. The highest BCUT2D eigenvalue weighted by molar-refractivity contribution is 5.25. The maximum atomic E-state index is 12.5. The van der Waals surface area contributed by atoms with Crippen molar-refractivity contribution in [1.82, 2.24) is 4.98 Å². The number of hydrogen-bond acceptors (Lipinski definition) is 2. The molecule has 1 heterocycles. The molecule has 2 N–H and O–H groups in total. The number of aryl methyl sites for hydroxylation is 1. The molecule has 0 saturated heterocycles. The van der Waals surface area contributed by atoms with Crippen LogP contribution >= 0.6 is 0 Å². The summed E-state index contributed by atoms with van der Waals surface area (Å²) in [5.41, 5.74) is 4.75. The number of halogens is 2. The standard InChI is InChI=1S/C9H12F2N2/c1-6-4-3-5-13-7(6)9(2,12)8(10)11/h3-5,8H,12H2,1-2H3. The van der Waals surface area contributed by atoms with Crippen LogP contribution in [-0.4, -0.2) is 11.4 Å². The van der Waals surface area contributed by atoms with Gasteiger partial charge in [0.2, 0.25) is 0 Å². The van der Waals surface area contributed by atoms with Crippen molar-refractivity contribution in [2.24, 2.45) is 5.73 Å². The Bertz CT molecular complexity index is 297. The molecule has 0 amide bonds. The number of alkyl halides is 2. The van der Waals surface area contributed by atoms with E-state index in [1.54, 1.807) is 19.1 Å². The third kappa shape index (κ3) is 1.83. The van der Waals surface area contributed by atoms with Crippen LogP contribution in [0.3, 0.4) is 0 Å². The lowest BCUT2D eigenvalue weighted by Gasteiger charge is -2.24. The monoisotopic (exact) mass is 186 g/mol. The Balaban J connectivity index is 3.14. The van der Waals surface area contributed by atoms with Crippen molar-refractivity contribution in [3.05, 3.63) is 29.6 Å². The molecular weight excluding hydrogens is 174 g/mol. The molecule has 13 heavy (non-hydrogen) atoms. The van der Waals surface area contributed by atoms with Crippen molar-refractivity contribution >= 4 is 0 Å². The number of pyridine rings is 1. The van der Waals surface area contributed by atoms with Crippen molar-refractivity contribution < 1.29 is 8.78 Å². The minimum Gasteiger partial charge on any atom is -0.316 e. The highest BCUT2D eigenvalue weighted by atomic mass is 19.3. The topological polar surface area (TPSA) is 38.9 Å². The van der Waals surface area contributed by atoms with E-state index in [0.29, 0.717) is 5.56 Å². The molecule has 0 bridgehead atoms. The zero-order valence-corrected chi connectivity index (χ0v) is 7.59. The molecule has 4 heteroatoms. The zero-order chi connectivity index (χ0) is 10.1. The molecule has 2 nitrogen and oxygen atoms in total. The van der Waals surface area contributed by atoms with Crippen LogP contribution in [0.1, 0.15) is 18.2 Å². The highest BCUT2D eigenvalue weighted by Gasteiger charge is 2.34. The Kier molecular flexibility index (Phi) is 2.61. The first-order chi connectivity index (χ1) is 5.96. The van der Waals surface area contributed by atoms with Gasteiger partial charge in [0.15, 0.2) is 0 Å². The van der Waals surface area contributed by atoms with E-state index in [4.69, 9.17) is 5.73 Å². The Labute approximate surface area is 75.8 Å². The normalized spacial score (nSPS) is 15.8. The van der Waals surface area contributed by atoms with Crippen LogP contribution in [0.5, 0.6) is 0 Å². The molecule has 1 aromatic heterocycles. The molecule has 0 radical (unpaired) electrons. The molecule has 1 aromatic rings. The van der Waals surface area contributed by atoms with Gasteiger partial charge in [0, 0.05) is 6.20 Å². The van der Waals surface area contributed by atoms with Crippen molar-refractivity contribution in [1.29, 1.82) is 0 Å². The van der Waals surface area contributed by atoms with E-state index in [1.165, 1.54) is 13.1 Å². The fourth-order valence-corrected chi connectivity index (χ4v) is 1.15. The lowest BCUT2D eigenvalue weighted by molar-refractivity contribution is 0.0598.